The van der Waals surface area contributed by atoms with Crippen molar-refractivity contribution in [3.8, 4) is 5.75 Å². The number of amides is 1. The van der Waals surface area contributed by atoms with Crippen LogP contribution in [0.2, 0.25) is 0 Å². The van der Waals surface area contributed by atoms with Gasteiger partial charge in [0, 0.05) is 22.9 Å². The molecule has 0 aliphatic heterocycles. The second kappa shape index (κ2) is 8.72. The van der Waals surface area contributed by atoms with Crippen LogP contribution in [-0.4, -0.2) is 43.6 Å². The summed E-state index contributed by atoms with van der Waals surface area (Å²) < 4.78 is 11.2. The van der Waals surface area contributed by atoms with Gasteiger partial charge in [0.25, 0.3) is 0 Å². The lowest BCUT2D eigenvalue weighted by atomic mass is 10.00. The molecule has 1 unspecified atom stereocenters. The predicted octanol–water partition coefficient (Wildman–Crippen LogP) is 1.02. The first-order chi connectivity index (χ1) is 14.3. The standard InChI is InChI=1S/C19H21N5O6/c1-9-12-4-6-14(29-8-15-21-23-24-22-15)10(2)17(12)30-19(28)13(9)5-7-16(25)20-11(3)18(26)27/h4,6,11H,5,7-8H2,1-3H3,(H,20,25)(H,26,27)(H,21,22,23,24). The molecule has 11 heteroatoms. The van der Waals surface area contributed by atoms with Crippen molar-refractivity contribution in [1.29, 1.82) is 0 Å². The Hall–Kier alpha value is -3.76. The molecule has 0 radical (unpaired) electrons. The summed E-state index contributed by atoms with van der Waals surface area (Å²) in [6.07, 6.45) is 0.108. The summed E-state index contributed by atoms with van der Waals surface area (Å²) in [5, 5.41) is 25.4. The van der Waals surface area contributed by atoms with Crippen LogP contribution in [0.5, 0.6) is 5.75 Å². The molecule has 2 aromatic heterocycles. The molecule has 30 heavy (non-hydrogen) atoms. The summed E-state index contributed by atoms with van der Waals surface area (Å²) in [6, 6.07) is 2.54. The number of rotatable bonds is 8. The number of carboxylic acids is 1. The number of aryl methyl sites for hydroxylation is 2. The third-order valence-electron chi connectivity index (χ3n) is 4.75. The van der Waals surface area contributed by atoms with E-state index >= 15 is 0 Å². The first kappa shape index (κ1) is 21.0. The molecule has 1 aromatic carbocycles. The number of H-pyrrole nitrogens is 1. The van der Waals surface area contributed by atoms with Crippen LogP contribution >= 0.6 is 0 Å². The van der Waals surface area contributed by atoms with Crippen LogP contribution in [0.15, 0.2) is 21.3 Å². The maximum Gasteiger partial charge on any atom is 0.339 e. The first-order valence-electron chi connectivity index (χ1n) is 9.21. The molecule has 0 saturated carbocycles. The average molecular weight is 415 g/mol. The summed E-state index contributed by atoms with van der Waals surface area (Å²) in [4.78, 5) is 35.3. The van der Waals surface area contributed by atoms with Crippen molar-refractivity contribution in [1.82, 2.24) is 25.9 Å². The predicted molar refractivity (Wildman–Crippen MR) is 104 cm³/mol. The first-order valence-corrected chi connectivity index (χ1v) is 9.21. The SMILES string of the molecule is Cc1c(CCC(=O)NC(C)C(=O)O)c(=O)oc2c(C)c(OCc3nn[nH]n3)ccc12. The average Bonchev–Trinajstić information content (AvgIpc) is 3.21. The Balaban J connectivity index is 1.81. The lowest BCUT2D eigenvalue weighted by Gasteiger charge is -2.13. The second-order valence-electron chi connectivity index (χ2n) is 6.80. The fourth-order valence-corrected chi connectivity index (χ4v) is 3.02. The molecule has 2 heterocycles. The number of fused-ring (bicyclic) bond motifs is 1. The molecule has 0 spiro atoms. The largest absolute Gasteiger partial charge is 0.485 e. The molecular weight excluding hydrogens is 394 g/mol. The zero-order valence-corrected chi connectivity index (χ0v) is 16.7. The van der Waals surface area contributed by atoms with Crippen molar-refractivity contribution in [3.05, 3.63) is 45.1 Å². The van der Waals surface area contributed by atoms with E-state index in [1.54, 1.807) is 26.0 Å². The highest BCUT2D eigenvalue weighted by Gasteiger charge is 2.18. The number of carbonyl (C=O) groups excluding carboxylic acids is 1. The lowest BCUT2D eigenvalue weighted by Crippen LogP contribution is -2.38. The number of aromatic amines is 1. The molecule has 1 atom stereocenters. The summed E-state index contributed by atoms with van der Waals surface area (Å²) in [7, 11) is 0. The Labute approximate surface area is 170 Å². The van der Waals surface area contributed by atoms with Crippen molar-refractivity contribution in [3.63, 3.8) is 0 Å². The van der Waals surface area contributed by atoms with Gasteiger partial charge >= 0.3 is 11.6 Å². The molecule has 1 amide bonds. The lowest BCUT2D eigenvalue weighted by molar-refractivity contribution is -0.141. The molecule has 0 bridgehead atoms. The van der Waals surface area contributed by atoms with Crippen molar-refractivity contribution in [2.45, 2.75) is 46.3 Å². The van der Waals surface area contributed by atoms with Crippen LogP contribution in [0.1, 0.15) is 35.9 Å². The van der Waals surface area contributed by atoms with E-state index in [1.807, 2.05) is 0 Å². The van der Waals surface area contributed by atoms with Gasteiger partial charge in [0.1, 0.15) is 17.4 Å². The van der Waals surface area contributed by atoms with Gasteiger partial charge in [0.15, 0.2) is 6.61 Å². The third kappa shape index (κ3) is 4.45. The molecule has 3 rings (SSSR count). The number of nitrogens with zero attached hydrogens (tertiary/aromatic N) is 3. The number of tetrazole rings is 1. The topological polar surface area (TPSA) is 160 Å². The highest BCUT2D eigenvalue weighted by atomic mass is 16.5. The Kier molecular flexibility index (Phi) is 6.09. The summed E-state index contributed by atoms with van der Waals surface area (Å²) in [5.74, 6) is -0.676. The van der Waals surface area contributed by atoms with Crippen LogP contribution in [-0.2, 0) is 22.6 Å². The maximum absolute atomic E-state index is 12.5. The molecule has 0 aliphatic rings. The Bertz CT molecular complexity index is 1140. The van der Waals surface area contributed by atoms with E-state index in [0.29, 0.717) is 33.8 Å². The molecule has 3 N–H and O–H groups in total. The van der Waals surface area contributed by atoms with Crippen molar-refractivity contribution >= 4 is 22.8 Å². The smallest absolute Gasteiger partial charge is 0.339 e. The molecule has 0 saturated heterocycles. The number of hydrogen-bond donors (Lipinski definition) is 3. The van der Waals surface area contributed by atoms with Crippen molar-refractivity contribution < 1.29 is 23.8 Å². The fraction of sp³-hybridized carbons (Fsp3) is 0.368. The Morgan fingerprint density at radius 1 is 1.30 bits per heavy atom. The highest BCUT2D eigenvalue weighted by Crippen LogP contribution is 2.30. The molecule has 0 fully saturated rings. The molecular formula is C19H21N5O6. The summed E-state index contributed by atoms with van der Waals surface area (Å²) in [5.41, 5.74) is 1.58. The number of carbonyl (C=O) groups is 2. The van der Waals surface area contributed by atoms with Gasteiger partial charge in [0.05, 0.1) is 0 Å². The zero-order valence-electron chi connectivity index (χ0n) is 16.7. The maximum atomic E-state index is 12.5. The van der Waals surface area contributed by atoms with E-state index in [0.717, 1.165) is 5.39 Å². The normalized spacial score (nSPS) is 12.0. The van der Waals surface area contributed by atoms with Gasteiger partial charge in [-0.05, 0) is 44.9 Å². The van der Waals surface area contributed by atoms with Crippen LogP contribution in [0.25, 0.3) is 11.0 Å². The van der Waals surface area contributed by atoms with Crippen LogP contribution in [0.3, 0.4) is 0 Å². The van der Waals surface area contributed by atoms with Gasteiger partial charge < -0.3 is 19.6 Å². The van der Waals surface area contributed by atoms with Gasteiger partial charge in [0.2, 0.25) is 11.7 Å². The summed E-state index contributed by atoms with van der Waals surface area (Å²) in [6.45, 7) is 5.04. The van der Waals surface area contributed by atoms with Crippen LogP contribution in [0, 0.1) is 13.8 Å². The quantitative estimate of drug-likeness (QED) is 0.456. The molecule has 158 valence electrons. The van der Waals surface area contributed by atoms with Gasteiger partial charge in [-0.15, -0.1) is 10.2 Å². The number of aromatic nitrogens is 4. The minimum Gasteiger partial charge on any atom is -0.485 e. The van der Waals surface area contributed by atoms with Crippen molar-refractivity contribution in [2.24, 2.45) is 0 Å². The van der Waals surface area contributed by atoms with Gasteiger partial charge in [-0.3, -0.25) is 9.59 Å². The second-order valence-corrected chi connectivity index (χ2v) is 6.80. The monoisotopic (exact) mass is 415 g/mol. The number of aliphatic carboxylic acids is 1. The van der Waals surface area contributed by atoms with Gasteiger partial charge in [-0.25, -0.2) is 4.79 Å². The van der Waals surface area contributed by atoms with Crippen LogP contribution < -0.4 is 15.7 Å². The number of carboxylic acid groups (broad SMARTS) is 1. The Morgan fingerprint density at radius 3 is 2.73 bits per heavy atom. The Morgan fingerprint density at radius 2 is 2.07 bits per heavy atom. The van der Waals surface area contributed by atoms with E-state index in [-0.39, 0.29) is 19.4 Å². The molecule has 0 aliphatic carbocycles. The van der Waals surface area contributed by atoms with Gasteiger partial charge in [-0.2, -0.15) is 5.21 Å². The van der Waals surface area contributed by atoms with Crippen molar-refractivity contribution in [2.75, 3.05) is 0 Å². The minimum atomic E-state index is -1.13. The van der Waals surface area contributed by atoms with E-state index in [9.17, 15) is 14.4 Å². The van der Waals surface area contributed by atoms with E-state index < -0.39 is 23.5 Å². The molecule has 11 nitrogen and oxygen atoms in total. The number of benzene rings is 1. The van der Waals surface area contributed by atoms with Gasteiger partial charge in [-0.1, -0.05) is 5.21 Å². The highest BCUT2D eigenvalue weighted by molar-refractivity contribution is 5.86. The zero-order chi connectivity index (χ0) is 21.8. The number of nitrogens with one attached hydrogen (secondary N) is 2. The van der Waals surface area contributed by atoms with E-state index in [4.69, 9.17) is 14.3 Å². The third-order valence-corrected chi connectivity index (χ3v) is 4.75. The minimum absolute atomic E-state index is 0.0282. The van der Waals surface area contributed by atoms with Crippen LogP contribution in [0.4, 0.5) is 0 Å². The molecule has 3 aromatic rings. The number of hydrogen-bond acceptors (Lipinski definition) is 8. The summed E-state index contributed by atoms with van der Waals surface area (Å²) >= 11 is 0. The van der Waals surface area contributed by atoms with E-state index in [2.05, 4.69) is 25.9 Å². The van der Waals surface area contributed by atoms with E-state index in [1.165, 1.54) is 6.92 Å². The number of ether oxygens (including phenoxy) is 1. The fourth-order valence-electron chi connectivity index (χ4n) is 3.02.